The quantitative estimate of drug-likeness (QED) is 0.711. The molecule has 1 aromatic rings. The van der Waals surface area contributed by atoms with Gasteiger partial charge in [-0.1, -0.05) is 40.5 Å². The summed E-state index contributed by atoms with van der Waals surface area (Å²) in [5, 5.41) is 3.36. The van der Waals surface area contributed by atoms with Gasteiger partial charge in [-0.3, -0.25) is 4.90 Å². The molecule has 0 saturated carbocycles. The lowest BCUT2D eigenvalue weighted by atomic mass is 10.0. The predicted molar refractivity (Wildman–Crippen MR) is 90.6 cm³/mol. The highest BCUT2D eigenvalue weighted by Gasteiger charge is 2.12. The van der Waals surface area contributed by atoms with Crippen molar-refractivity contribution in [1.82, 2.24) is 14.9 Å². The molecule has 0 amide bonds. The van der Waals surface area contributed by atoms with Gasteiger partial charge in [0.2, 0.25) is 0 Å². The number of nitrogens with one attached hydrogen (secondary N) is 1. The van der Waals surface area contributed by atoms with Crippen LogP contribution in [-0.4, -0.2) is 34.5 Å². The van der Waals surface area contributed by atoms with Gasteiger partial charge in [0.25, 0.3) is 0 Å². The summed E-state index contributed by atoms with van der Waals surface area (Å²) in [6.07, 6.45) is 3.59. The fourth-order valence-corrected chi connectivity index (χ4v) is 2.46. The molecule has 0 bridgehead atoms. The first-order valence-electron chi connectivity index (χ1n) is 8.43. The molecular weight excluding hydrogens is 260 g/mol. The second-order valence-corrected chi connectivity index (χ2v) is 5.75. The van der Waals surface area contributed by atoms with Gasteiger partial charge in [0, 0.05) is 24.8 Å². The number of nitrogens with zero attached hydrogens (tertiary/aromatic N) is 3. The minimum atomic E-state index is 0.771. The van der Waals surface area contributed by atoms with Crippen LogP contribution in [-0.2, 0) is 6.54 Å². The van der Waals surface area contributed by atoms with Crippen LogP contribution >= 0.6 is 0 Å². The highest BCUT2D eigenvalue weighted by Crippen LogP contribution is 2.13. The molecule has 0 radical (unpaired) electrons. The first kappa shape index (κ1) is 17.9. The van der Waals surface area contributed by atoms with E-state index in [0.717, 1.165) is 55.9 Å². The largest absolute Gasteiger partial charge is 0.370 e. The van der Waals surface area contributed by atoms with Gasteiger partial charge in [-0.15, -0.1) is 0 Å². The van der Waals surface area contributed by atoms with E-state index in [9.17, 15) is 0 Å². The normalized spacial score (nSPS) is 11.4. The number of aryl methyl sites for hydroxylation is 1. The lowest BCUT2D eigenvalue weighted by Gasteiger charge is -2.24. The number of anilines is 1. The Balaban J connectivity index is 2.72. The Labute approximate surface area is 130 Å². The summed E-state index contributed by atoms with van der Waals surface area (Å²) in [4.78, 5) is 11.7. The molecule has 0 atom stereocenters. The monoisotopic (exact) mass is 292 g/mol. The van der Waals surface area contributed by atoms with Crippen LogP contribution in [0.15, 0.2) is 6.07 Å². The van der Waals surface area contributed by atoms with Crippen LogP contribution in [0.5, 0.6) is 0 Å². The molecule has 4 heteroatoms. The highest BCUT2D eigenvalue weighted by molar-refractivity contribution is 5.35. The van der Waals surface area contributed by atoms with Gasteiger partial charge in [-0.25, -0.2) is 9.97 Å². The number of aromatic nitrogens is 2. The number of hydrogen-bond donors (Lipinski definition) is 1. The topological polar surface area (TPSA) is 41.1 Å². The molecule has 4 nitrogen and oxygen atoms in total. The molecule has 21 heavy (non-hydrogen) atoms. The average molecular weight is 292 g/mol. The molecule has 0 spiro atoms. The van der Waals surface area contributed by atoms with Crippen molar-refractivity contribution in [3.05, 3.63) is 17.6 Å². The molecule has 0 fully saturated rings. The van der Waals surface area contributed by atoms with Gasteiger partial charge in [-0.2, -0.15) is 0 Å². The molecule has 0 aliphatic rings. The van der Waals surface area contributed by atoms with E-state index in [1.54, 1.807) is 0 Å². The first-order chi connectivity index (χ1) is 10.1. The van der Waals surface area contributed by atoms with Crippen molar-refractivity contribution in [2.75, 3.05) is 25.0 Å². The maximum Gasteiger partial charge on any atom is 0.144 e. The molecule has 1 N–H and O–H groups in total. The van der Waals surface area contributed by atoms with Gasteiger partial charge in [0.1, 0.15) is 11.6 Å². The molecule has 0 aliphatic heterocycles. The third kappa shape index (κ3) is 6.42. The number of hydrogen-bond acceptors (Lipinski definition) is 4. The molecule has 0 saturated heterocycles. The van der Waals surface area contributed by atoms with Crippen molar-refractivity contribution in [2.24, 2.45) is 5.92 Å². The fraction of sp³-hybridized carbons (Fsp3) is 0.765. The van der Waals surface area contributed by atoms with Crippen LogP contribution in [0.4, 0.5) is 5.82 Å². The van der Waals surface area contributed by atoms with E-state index in [1.165, 1.54) is 12.8 Å². The predicted octanol–water partition coefficient (Wildman–Crippen LogP) is 3.87. The van der Waals surface area contributed by atoms with Crippen LogP contribution in [0.25, 0.3) is 0 Å². The van der Waals surface area contributed by atoms with Gasteiger partial charge < -0.3 is 5.32 Å². The summed E-state index contributed by atoms with van der Waals surface area (Å²) >= 11 is 0. The van der Waals surface area contributed by atoms with Crippen LogP contribution in [0.3, 0.4) is 0 Å². The van der Waals surface area contributed by atoms with E-state index >= 15 is 0 Å². The van der Waals surface area contributed by atoms with Crippen molar-refractivity contribution in [2.45, 2.75) is 60.4 Å². The van der Waals surface area contributed by atoms with Crippen molar-refractivity contribution < 1.29 is 0 Å². The Kier molecular flexibility index (Phi) is 8.28. The fourth-order valence-electron chi connectivity index (χ4n) is 2.46. The molecule has 1 rings (SSSR count). The molecular formula is C17H32N4. The molecule has 120 valence electrons. The summed E-state index contributed by atoms with van der Waals surface area (Å²) in [6.45, 7) is 15.0. The van der Waals surface area contributed by atoms with Gasteiger partial charge in [0.15, 0.2) is 0 Å². The van der Waals surface area contributed by atoms with E-state index in [4.69, 9.17) is 0 Å². The Bertz CT molecular complexity index is 402. The van der Waals surface area contributed by atoms with Crippen LogP contribution in [0.2, 0.25) is 0 Å². The van der Waals surface area contributed by atoms with Gasteiger partial charge >= 0.3 is 0 Å². The van der Waals surface area contributed by atoms with Gasteiger partial charge in [-0.05, 0) is 25.8 Å². The van der Waals surface area contributed by atoms with Gasteiger partial charge in [0.05, 0.1) is 6.54 Å². The van der Waals surface area contributed by atoms with E-state index in [0.29, 0.717) is 0 Å². The summed E-state index contributed by atoms with van der Waals surface area (Å²) in [6, 6.07) is 2.02. The minimum absolute atomic E-state index is 0.771. The second-order valence-electron chi connectivity index (χ2n) is 5.75. The molecule has 1 aromatic heterocycles. The molecule has 0 aliphatic carbocycles. The van der Waals surface area contributed by atoms with E-state index in [1.807, 2.05) is 13.0 Å². The SMILES string of the molecule is CCCNc1cc(C)nc(CN(CC)CC(CC)CC)n1. The molecule has 1 heterocycles. The zero-order valence-corrected chi connectivity index (χ0v) is 14.4. The Hall–Kier alpha value is -1.16. The Morgan fingerprint density at radius 1 is 1.14 bits per heavy atom. The van der Waals surface area contributed by atoms with E-state index in [2.05, 4.69) is 47.9 Å². The molecule has 0 unspecified atom stereocenters. The first-order valence-corrected chi connectivity index (χ1v) is 8.43. The second kappa shape index (κ2) is 9.72. The third-order valence-corrected chi connectivity index (χ3v) is 3.94. The standard InChI is InChI=1S/C17H32N4/c1-6-10-18-16-11-14(5)19-17(20-16)13-21(9-4)12-15(7-2)8-3/h11,15H,6-10,12-13H2,1-5H3,(H,18,19,20). The smallest absolute Gasteiger partial charge is 0.144 e. The zero-order valence-electron chi connectivity index (χ0n) is 14.4. The lowest BCUT2D eigenvalue weighted by Crippen LogP contribution is -2.29. The maximum absolute atomic E-state index is 4.65. The maximum atomic E-state index is 4.65. The lowest BCUT2D eigenvalue weighted by molar-refractivity contribution is 0.221. The van der Waals surface area contributed by atoms with Crippen LogP contribution in [0.1, 0.15) is 58.5 Å². The van der Waals surface area contributed by atoms with Crippen molar-refractivity contribution in [1.29, 1.82) is 0 Å². The van der Waals surface area contributed by atoms with Crippen LogP contribution < -0.4 is 5.32 Å². The minimum Gasteiger partial charge on any atom is -0.370 e. The Morgan fingerprint density at radius 2 is 1.86 bits per heavy atom. The third-order valence-electron chi connectivity index (χ3n) is 3.94. The summed E-state index contributed by atoms with van der Waals surface area (Å²) < 4.78 is 0. The van der Waals surface area contributed by atoms with E-state index < -0.39 is 0 Å². The van der Waals surface area contributed by atoms with E-state index in [-0.39, 0.29) is 0 Å². The van der Waals surface area contributed by atoms with Crippen molar-refractivity contribution in [3.63, 3.8) is 0 Å². The van der Waals surface area contributed by atoms with Crippen molar-refractivity contribution in [3.8, 4) is 0 Å². The Morgan fingerprint density at radius 3 is 2.43 bits per heavy atom. The average Bonchev–Trinajstić information content (AvgIpc) is 2.48. The summed E-state index contributed by atoms with van der Waals surface area (Å²) in [5.74, 6) is 2.66. The van der Waals surface area contributed by atoms with Crippen molar-refractivity contribution >= 4 is 5.82 Å². The summed E-state index contributed by atoms with van der Waals surface area (Å²) in [7, 11) is 0. The highest BCUT2D eigenvalue weighted by atomic mass is 15.2. The molecule has 0 aromatic carbocycles. The van der Waals surface area contributed by atoms with Crippen LogP contribution in [0, 0.1) is 12.8 Å². The summed E-state index contributed by atoms with van der Waals surface area (Å²) in [5.41, 5.74) is 1.04. The zero-order chi connectivity index (χ0) is 15.7. The number of rotatable bonds is 10.